The van der Waals surface area contributed by atoms with Crippen LogP contribution in [-0.2, 0) is 14.3 Å². The van der Waals surface area contributed by atoms with Gasteiger partial charge in [-0.05, 0) is 34.6 Å². The van der Waals surface area contributed by atoms with Crippen LogP contribution in [0.25, 0.3) is 0 Å². The molecule has 1 fully saturated rings. The number of hydrogen-bond acceptors (Lipinski definition) is 3. The van der Waals surface area contributed by atoms with Gasteiger partial charge in [0.15, 0.2) is 5.79 Å². The molecule has 1 atom stereocenters. The van der Waals surface area contributed by atoms with Gasteiger partial charge in [-0.15, -0.1) is 0 Å². The Kier molecular flexibility index (Phi) is 4.42. The van der Waals surface area contributed by atoms with Crippen molar-refractivity contribution in [3.05, 3.63) is 0 Å². The molecule has 3 heteroatoms. The quantitative estimate of drug-likeness (QED) is 0.561. The normalized spacial score (nSPS) is 25.9. The van der Waals surface area contributed by atoms with Crippen LogP contribution in [0, 0.1) is 0 Å². The van der Waals surface area contributed by atoms with Gasteiger partial charge in [0.1, 0.15) is 5.78 Å². The van der Waals surface area contributed by atoms with Gasteiger partial charge in [0.2, 0.25) is 0 Å². The van der Waals surface area contributed by atoms with Crippen LogP contribution in [0.15, 0.2) is 0 Å². The van der Waals surface area contributed by atoms with E-state index in [-0.39, 0.29) is 17.7 Å². The molecule has 12 heavy (non-hydrogen) atoms. The molecular weight excluding hydrogens is 156 g/mol. The van der Waals surface area contributed by atoms with Gasteiger partial charge < -0.3 is 14.3 Å². The Balaban J connectivity index is 0.000000261. The van der Waals surface area contributed by atoms with Gasteiger partial charge in [0, 0.05) is 0 Å². The monoisotopic (exact) mass is 174 g/mol. The Morgan fingerprint density at radius 1 is 1.42 bits per heavy atom. The van der Waals surface area contributed by atoms with Crippen LogP contribution < -0.4 is 0 Å². The van der Waals surface area contributed by atoms with E-state index in [2.05, 4.69) is 0 Å². The summed E-state index contributed by atoms with van der Waals surface area (Å²) < 4.78 is 10.6. The summed E-state index contributed by atoms with van der Waals surface area (Å²) in [5.41, 5.74) is 0. The molecule has 1 saturated heterocycles. The molecule has 0 radical (unpaired) electrons. The number of carbonyl (C=O) groups is 1. The standard InChI is InChI=1S/C6H12O2.C3H6O/c1-5-4-7-6(2,3)8-5;1-3(2)4/h5H,4H2,1-3H3;1-2H3. The first-order chi connectivity index (χ1) is 5.33. The SMILES string of the molecule is CC(C)=O.CC1COC(C)(C)O1. The molecule has 1 aliphatic rings. The Morgan fingerprint density at radius 3 is 1.92 bits per heavy atom. The van der Waals surface area contributed by atoms with E-state index in [1.807, 2.05) is 20.8 Å². The van der Waals surface area contributed by atoms with E-state index in [0.29, 0.717) is 0 Å². The highest BCUT2D eigenvalue weighted by molar-refractivity contribution is 5.72. The van der Waals surface area contributed by atoms with Gasteiger partial charge in [0.05, 0.1) is 12.7 Å². The van der Waals surface area contributed by atoms with Gasteiger partial charge >= 0.3 is 0 Å². The van der Waals surface area contributed by atoms with E-state index >= 15 is 0 Å². The van der Waals surface area contributed by atoms with Crippen molar-refractivity contribution in [1.82, 2.24) is 0 Å². The zero-order chi connectivity index (χ0) is 9.78. The molecular formula is C9H18O3. The number of Topliss-reactive ketones (excluding diaryl/α,β-unsaturated/α-hetero) is 1. The average molecular weight is 174 g/mol. The number of ketones is 1. The Hall–Kier alpha value is -0.410. The van der Waals surface area contributed by atoms with Crippen molar-refractivity contribution < 1.29 is 14.3 Å². The van der Waals surface area contributed by atoms with Crippen LogP contribution in [0.5, 0.6) is 0 Å². The smallest absolute Gasteiger partial charge is 0.163 e. The second-order valence-electron chi connectivity index (χ2n) is 3.55. The molecule has 0 aliphatic carbocycles. The maximum absolute atomic E-state index is 9.44. The summed E-state index contributed by atoms with van der Waals surface area (Å²) in [7, 11) is 0. The van der Waals surface area contributed by atoms with Crippen LogP contribution in [0.2, 0.25) is 0 Å². The summed E-state index contributed by atoms with van der Waals surface area (Å²) in [4.78, 5) is 9.44. The van der Waals surface area contributed by atoms with E-state index in [0.717, 1.165) is 6.61 Å². The number of carbonyl (C=O) groups excluding carboxylic acids is 1. The lowest BCUT2D eigenvalue weighted by Gasteiger charge is -2.15. The zero-order valence-corrected chi connectivity index (χ0v) is 8.51. The van der Waals surface area contributed by atoms with Crippen LogP contribution in [0.4, 0.5) is 0 Å². The predicted octanol–water partition coefficient (Wildman–Crippen LogP) is 1.75. The Morgan fingerprint density at radius 2 is 1.83 bits per heavy atom. The van der Waals surface area contributed by atoms with E-state index in [1.165, 1.54) is 13.8 Å². The molecule has 1 rings (SSSR count). The third-order valence-corrected chi connectivity index (χ3v) is 1.15. The molecule has 0 saturated carbocycles. The van der Waals surface area contributed by atoms with Crippen LogP contribution >= 0.6 is 0 Å². The van der Waals surface area contributed by atoms with Crippen LogP contribution in [-0.4, -0.2) is 24.3 Å². The Labute approximate surface area is 74.0 Å². The molecule has 72 valence electrons. The lowest BCUT2D eigenvalue weighted by molar-refractivity contribution is -0.136. The van der Waals surface area contributed by atoms with Gasteiger partial charge in [-0.1, -0.05) is 0 Å². The largest absolute Gasteiger partial charge is 0.348 e. The van der Waals surface area contributed by atoms with Crippen molar-refractivity contribution in [1.29, 1.82) is 0 Å². The molecule has 1 heterocycles. The number of rotatable bonds is 0. The van der Waals surface area contributed by atoms with Crippen LogP contribution in [0.3, 0.4) is 0 Å². The van der Waals surface area contributed by atoms with Gasteiger partial charge in [-0.2, -0.15) is 0 Å². The molecule has 3 nitrogen and oxygen atoms in total. The minimum absolute atomic E-state index is 0.167. The summed E-state index contributed by atoms with van der Waals surface area (Å²) in [5, 5.41) is 0. The van der Waals surface area contributed by atoms with Crippen molar-refractivity contribution >= 4 is 5.78 Å². The molecule has 0 N–H and O–H groups in total. The maximum atomic E-state index is 9.44. The number of ether oxygens (including phenoxy) is 2. The fourth-order valence-electron chi connectivity index (χ4n) is 0.871. The lowest BCUT2D eigenvalue weighted by Crippen LogP contribution is -2.20. The van der Waals surface area contributed by atoms with Crippen molar-refractivity contribution in [3.63, 3.8) is 0 Å². The minimum Gasteiger partial charge on any atom is -0.348 e. The first kappa shape index (κ1) is 11.6. The molecule has 0 amide bonds. The predicted molar refractivity (Wildman–Crippen MR) is 46.9 cm³/mol. The van der Waals surface area contributed by atoms with Crippen molar-refractivity contribution in [2.45, 2.75) is 46.5 Å². The zero-order valence-electron chi connectivity index (χ0n) is 8.51. The highest BCUT2D eigenvalue weighted by atomic mass is 16.7. The van der Waals surface area contributed by atoms with Gasteiger partial charge in [-0.3, -0.25) is 0 Å². The molecule has 0 spiro atoms. The van der Waals surface area contributed by atoms with Crippen molar-refractivity contribution in [2.24, 2.45) is 0 Å². The maximum Gasteiger partial charge on any atom is 0.163 e. The molecule has 0 aromatic carbocycles. The first-order valence-corrected chi connectivity index (χ1v) is 4.12. The van der Waals surface area contributed by atoms with E-state index in [9.17, 15) is 4.79 Å². The Bertz CT molecular complexity index is 148. The summed E-state index contributed by atoms with van der Waals surface area (Å²) in [5.74, 6) is -0.167. The van der Waals surface area contributed by atoms with Gasteiger partial charge in [0.25, 0.3) is 0 Å². The highest BCUT2D eigenvalue weighted by Crippen LogP contribution is 2.21. The fraction of sp³-hybridized carbons (Fsp3) is 0.889. The highest BCUT2D eigenvalue weighted by Gasteiger charge is 2.29. The second-order valence-corrected chi connectivity index (χ2v) is 3.55. The lowest BCUT2D eigenvalue weighted by atomic mass is 10.4. The molecule has 1 unspecified atom stereocenters. The molecule has 0 bridgehead atoms. The third-order valence-electron chi connectivity index (χ3n) is 1.15. The summed E-state index contributed by atoms with van der Waals surface area (Å²) in [6.45, 7) is 9.65. The van der Waals surface area contributed by atoms with Crippen molar-refractivity contribution in [3.8, 4) is 0 Å². The first-order valence-electron chi connectivity index (χ1n) is 4.12. The average Bonchev–Trinajstić information content (AvgIpc) is 2.07. The second kappa shape index (κ2) is 4.58. The topological polar surface area (TPSA) is 35.5 Å². The van der Waals surface area contributed by atoms with Crippen LogP contribution in [0.1, 0.15) is 34.6 Å². The number of hydrogen-bond donors (Lipinski definition) is 0. The molecule has 0 aromatic heterocycles. The van der Waals surface area contributed by atoms with E-state index in [1.54, 1.807) is 0 Å². The third kappa shape index (κ3) is 6.31. The van der Waals surface area contributed by atoms with E-state index < -0.39 is 0 Å². The van der Waals surface area contributed by atoms with E-state index in [4.69, 9.17) is 9.47 Å². The minimum atomic E-state index is -0.334. The molecule has 0 aromatic rings. The summed E-state index contributed by atoms with van der Waals surface area (Å²) in [6, 6.07) is 0. The van der Waals surface area contributed by atoms with Gasteiger partial charge in [-0.25, -0.2) is 0 Å². The molecule has 1 aliphatic heterocycles. The fourth-order valence-corrected chi connectivity index (χ4v) is 0.871. The van der Waals surface area contributed by atoms with Crippen molar-refractivity contribution in [2.75, 3.05) is 6.61 Å². The summed E-state index contributed by atoms with van der Waals surface area (Å²) in [6.07, 6.45) is 0.269. The summed E-state index contributed by atoms with van der Waals surface area (Å²) >= 11 is 0.